The van der Waals surface area contributed by atoms with Gasteiger partial charge in [0.25, 0.3) is 0 Å². The van der Waals surface area contributed by atoms with Gasteiger partial charge < -0.3 is 4.74 Å². The zero-order valence-corrected chi connectivity index (χ0v) is 30.6. The van der Waals surface area contributed by atoms with E-state index in [2.05, 4.69) is 114 Å². The minimum Gasteiger partial charge on any atom is -0.482 e. The number of para-hydroxylation sites is 1. The topological polar surface area (TPSA) is 99.5 Å². The molecule has 1 aliphatic heterocycles. The first kappa shape index (κ1) is 33.1. The van der Waals surface area contributed by atoms with Crippen LogP contribution in [0.15, 0.2) is 164 Å². The SMILES string of the molecule is CC1(C)Oc2cc(-c3ccc(-c4nc(-c5ccc(-c6cccc7cncnc67)cc5)nc(-c5ccc(-c6ccccn6)nc5)n4)cc3)ccc2-c2ccccc21. The lowest BCUT2D eigenvalue weighted by molar-refractivity contribution is 0.106. The van der Waals surface area contributed by atoms with Crippen LogP contribution in [-0.4, -0.2) is 34.9 Å². The van der Waals surface area contributed by atoms with Crippen LogP contribution < -0.4 is 4.74 Å². The summed E-state index contributed by atoms with van der Waals surface area (Å²) in [6, 6.07) is 47.3. The van der Waals surface area contributed by atoms with Gasteiger partial charge in [0.1, 0.15) is 17.7 Å². The second-order valence-corrected chi connectivity index (χ2v) is 14.2. The summed E-state index contributed by atoms with van der Waals surface area (Å²) >= 11 is 0. The van der Waals surface area contributed by atoms with Crippen molar-refractivity contribution in [1.82, 2.24) is 34.9 Å². The molecule has 0 saturated heterocycles. The van der Waals surface area contributed by atoms with Crippen molar-refractivity contribution < 1.29 is 4.74 Å². The average Bonchev–Trinajstić information content (AvgIpc) is 3.26. The lowest BCUT2D eigenvalue weighted by Crippen LogP contribution is -2.29. The molecule has 10 rings (SSSR count). The first-order valence-electron chi connectivity index (χ1n) is 18.4. The van der Waals surface area contributed by atoms with Gasteiger partial charge in [-0.2, -0.15) is 0 Å². The minimum absolute atomic E-state index is 0.431. The Morgan fingerprint density at radius 1 is 0.464 bits per heavy atom. The van der Waals surface area contributed by atoms with Crippen LogP contribution in [0.2, 0.25) is 0 Å². The zero-order valence-electron chi connectivity index (χ0n) is 30.6. The van der Waals surface area contributed by atoms with Crippen LogP contribution in [0, 0.1) is 0 Å². The van der Waals surface area contributed by atoms with E-state index in [9.17, 15) is 0 Å². The van der Waals surface area contributed by atoms with Crippen LogP contribution in [0.4, 0.5) is 0 Å². The molecular formula is C48H33N7O. The van der Waals surface area contributed by atoms with E-state index in [4.69, 9.17) is 24.7 Å². The summed E-state index contributed by atoms with van der Waals surface area (Å²) < 4.78 is 6.55. The molecule has 0 radical (unpaired) electrons. The largest absolute Gasteiger partial charge is 0.482 e. The quantitative estimate of drug-likeness (QED) is 0.167. The van der Waals surface area contributed by atoms with Crippen molar-refractivity contribution in [2.45, 2.75) is 19.4 Å². The highest BCUT2D eigenvalue weighted by atomic mass is 16.5. The highest BCUT2D eigenvalue weighted by Gasteiger charge is 2.32. The molecule has 9 aromatic rings. The first-order valence-corrected chi connectivity index (χ1v) is 18.4. The standard InChI is InChI=1S/C48H33N7O/c1-48(2)40-11-4-3-9-38(40)39-23-21-34(26-43(39)56-48)30-13-17-32(18-14-30)45-53-46(55-47(54-45)36-22-24-42(51-28-36)41-12-5-6-25-50-41)33-19-15-31(16-20-33)37-10-7-8-35-27-49-29-52-44(35)37/h3-29H,1-2H3. The molecule has 8 nitrogen and oxygen atoms in total. The lowest BCUT2D eigenvalue weighted by Gasteiger charge is -2.35. The average molecular weight is 724 g/mol. The second kappa shape index (κ2) is 13.4. The summed E-state index contributed by atoms with van der Waals surface area (Å²) in [7, 11) is 0. The van der Waals surface area contributed by atoms with Crippen molar-refractivity contribution in [2.24, 2.45) is 0 Å². The molecule has 0 aliphatic carbocycles. The van der Waals surface area contributed by atoms with E-state index >= 15 is 0 Å². The van der Waals surface area contributed by atoms with E-state index in [1.54, 1.807) is 18.7 Å². The fraction of sp³-hybridized carbons (Fsp3) is 0.0625. The Kier molecular flexibility index (Phi) is 7.96. The molecule has 0 atom stereocenters. The van der Waals surface area contributed by atoms with Gasteiger partial charge in [0.2, 0.25) is 0 Å². The number of ether oxygens (including phenoxy) is 1. The van der Waals surface area contributed by atoms with Crippen LogP contribution in [0.1, 0.15) is 19.4 Å². The zero-order chi connectivity index (χ0) is 37.6. The third kappa shape index (κ3) is 6.03. The molecule has 56 heavy (non-hydrogen) atoms. The van der Waals surface area contributed by atoms with Gasteiger partial charge in [-0.1, -0.05) is 109 Å². The maximum Gasteiger partial charge on any atom is 0.165 e. The predicted molar refractivity (Wildman–Crippen MR) is 220 cm³/mol. The summed E-state index contributed by atoms with van der Waals surface area (Å²) in [4.78, 5) is 32.9. The van der Waals surface area contributed by atoms with Crippen LogP contribution in [-0.2, 0) is 5.60 Å². The normalized spacial score (nSPS) is 12.8. The Morgan fingerprint density at radius 3 is 1.84 bits per heavy atom. The third-order valence-electron chi connectivity index (χ3n) is 10.3. The maximum atomic E-state index is 6.55. The molecule has 5 heterocycles. The summed E-state index contributed by atoms with van der Waals surface area (Å²) in [5.74, 6) is 2.53. The molecular weight excluding hydrogens is 691 g/mol. The van der Waals surface area contributed by atoms with Gasteiger partial charge in [-0.3, -0.25) is 9.97 Å². The number of fused-ring (bicyclic) bond motifs is 4. The summed E-state index contributed by atoms with van der Waals surface area (Å²) in [5.41, 5.74) is 12.3. The fourth-order valence-electron chi connectivity index (χ4n) is 7.39. The van der Waals surface area contributed by atoms with Gasteiger partial charge >= 0.3 is 0 Å². The molecule has 0 N–H and O–H groups in total. The highest BCUT2D eigenvalue weighted by molar-refractivity contribution is 5.93. The van der Waals surface area contributed by atoms with E-state index < -0.39 is 5.60 Å². The van der Waals surface area contributed by atoms with Crippen molar-refractivity contribution >= 4 is 10.9 Å². The molecule has 0 amide bonds. The fourth-order valence-corrected chi connectivity index (χ4v) is 7.39. The van der Waals surface area contributed by atoms with Gasteiger partial charge in [0.05, 0.1) is 16.9 Å². The number of pyridine rings is 2. The second-order valence-electron chi connectivity index (χ2n) is 14.2. The van der Waals surface area contributed by atoms with Crippen LogP contribution in [0.5, 0.6) is 5.75 Å². The first-order chi connectivity index (χ1) is 27.5. The number of hydrogen-bond acceptors (Lipinski definition) is 8. The number of nitrogens with zero attached hydrogens (tertiary/aromatic N) is 7. The monoisotopic (exact) mass is 723 g/mol. The Balaban J connectivity index is 1.02. The Labute approximate surface area is 323 Å². The summed E-state index contributed by atoms with van der Waals surface area (Å²) in [6.07, 6.45) is 6.97. The van der Waals surface area contributed by atoms with E-state index in [1.807, 2.05) is 60.8 Å². The molecule has 0 fully saturated rings. The van der Waals surface area contributed by atoms with E-state index in [-0.39, 0.29) is 0 Å². The molecule has 266 valence electrons. The molecule has 8 heteroatoms. The molecule has 0 spiro atoms. The molecule has 1 aliphatic rings. The van der Waals surface area contributed by atoms with Crippen LogP contribution in [0.25, 0.3) is 89.8 Å². The smallest absolute Gasteiger partial charge is 0.165 e. The lowest BCUT2D eigenvalue weighted by atomic mass is 9.85. The Hall–Kier alpha value is -7.45. The third-order valence-corrected chi connectivity index (χ3v) is 10.3. The highest BCUT2D eigenvalue weighted by Crippen LogP contribution is 2.46. The van der Waals surface area contributed by atoms with E-state index in [0.29, 0.717) is 17.5 Å². The van der Waals surface area contributed by atoms with Crippen molar-refractivity contribution in [3.05, 3.63) is 170 Å². The van der Waals surface area contributed by atoms with Crippen molar-refractivity contribution in [3.63, 3.8) is 0 Å². The molecule has 0 bridgehead atoms. The maximum absolute atomic E-state index is 6.55. The Morgan fingerprint density at radius 2 is 1.11 bits per heavy atom. The summed E-state index contributed by atoms with van der Waals surface area (Å²) in [6.45, 7) is 4.24. The predicted octanol–water partition coefficient (Wildman–Crippen LogP) is 10.9. The van der Waals surface area contributed by atoms with Crippen LogP contribution in [0.3, 0.4) is 0 Å². The molecule has 0 unspecified atom stereocenters. The number of aromatic nitrogens is 7. The van der Waals surface area contributed by atoms with Gasteiger partial charge in [-0.15, -0.1) is 0 Å². The Bertz CT molecular complexity index is 2890. The van der Waals surface area contributed by atoms with E-state index in [0.717, 1.165) is 72.5 Å². The van der Waals surface area contributed by atoms with Crippen molar-refractivity contribution in [1.29, 1.82) is 0 Å². The number of hydrogen-bond donors (Lipinski definition) is 0. The molecule has 5 aromatic carbocycles. The summed E-state index contributed by atoms with van der Waals surface area (Å²) in [5, 5.41) is 0.990. The molecule has 4 aromatic heterocycles. The van der Waals surface area contributed by atoms with Crippen molar-refractivity contribution in [2.75, 3.05) is 0 Å². The van der Waals surface area contributed by atoms with Crippen molar-refractivity contribution in [3.8, 4) is 84.7 Å². The van der Waals surface area contributed by atoms with Gasteiger partial charge in [0.15, 0.2) is 17.5 Å². The number of rotatable bonds is 6. The van der Waals surface area contributed by atoms with Gasteiger partial charge in [-0.05, 0) is 66.4 Å². The van der Waals surface area contributed by atoms with Gasteiger partial charge in [0, 0.05) is 57.4 Å². The minimum atomic E-state index is -0.431. The van der Waals surface area contributed by atoms with E-state index in [1.165, 1.54) is 11.1 Å². The van der Waals surface area contributed by atoms with Crippen LogP contribution >= 0.6 is 0 Å². The number of benzene rings is 5. The molecule has 0 saturated carbocycles. The van der Waals surface area contributed by atoms with Gasteiger partial charge in [-0.25, -0.2) is 24.9 Å².